The third-order valence-corrected chi connectivity index (χ3v) is 4.60. The van der Waals surface area contributed by atoms with Crippen molar-refractivity contribution in [2.45, 2.75) is 79.1 Å². The van der Waals surface area contributed by atoms with E-state index in [1.165, 1.54) is 50.5 Å². The summed E-state index contributed by atoms with van der Waals surface area (Å²) < 4.78 is 0. The molecule has 0 aromatic carbocycles. The highest BCUT2D eigenvalue weighted by molar-refractivity contribution is 7.09. The third-order valence-electron chi connectivity index (χ3n) is 3.81. The van der Waals surface area contributed by atoms with Gasteiger partial charge < -0.3 is 0 Å². The van der Waals surface area contributed by atoms with Gasteiger partial charge in [-0.3, -0.25) is 0 Å². The molecular formula is C19H31NS. The molecule has 1 aromatic rings. The average molecular weight is 306 g/mol. The van der Waals surface area contributed by atoms with Gasteiger partial charge >= 0.3 is 0 Å². The fraction of sp³-hybridized carbons (Fsp3) is 0.632. The molecule has 0 atom stereocenters. The summed E-state index contributed by atoms with van der Waals surface area (Å²) in [7, 11) is 0. The van der Waals surface area contributed by atoms with Crippen LogP contribution in [-0.4, -0.2) is 4.98 Å². The Kier molecular flexibility index (Phi) is 9.32. The second-order valence-electron chi connectivity index (χ2n) is 5.85. The maximum atomic E-state index is 4.49. The van der Waals surface area contributed by atoms with Crippen molar-refractivity contribution < 1.29 is 0 Å². The quantitative estimate of drug-likeness (QED) is 0.337. The molecule has 0 spiro atoms. The van der Waals surface area contributed by atoms with E-state index in [0.717, 1.165) is 17.1 Å². The highest BCUT2D eigenvalue weighted by atomic mass is 32.1. The smallest absolute Gasteiger partial charge is 0.0901 e. The van der Waals surface area contributed by atoms with Crippen LogP contribution in [0.2, 0.25) is 0 Å². The van der Waals surface area contributed by atoms with Gasteiger partial charge in [-0.05, 0) is 52.0 Å². The molecule has 2 heteroatoms. The molecule has 0 aliphatic rings. The van der Waals surface area contributed by atoms with E-state index in [4.69, 9.17) is 0 Å². The Bertz CT molecular complexity index is 454. The van der Waals surface area contributed by atoms with Crippen LogP contribution in [0.15, 0.2) is 22.6 Å². The number of nitrogens with zero attached hydrogens (tertiary/aromatic N) is 1. The predicted octanol–water partition coefficient (Wildman–Crippen LogP) is 6.94. The lowest BCUT2D eigenvalue weighted by molar-refractivity contribution is 0.656. The van der Waals surface area contributed by atoms with Gasteiger partial charge in [0.2, 0.25) is 0 Å². The SMILES string of the molecule is CCCCCC/C(=C\CC/C(C)=C/c1csc(C)n1)CC. The van der Waals surface area contributed by atoms with E-state index >= 15 is 0 Å². The van der Waals surface area contributed by atoms with Crippen LogP contribution in [0.3, 0.4) is 0 Å². The molecule has 0 saturated carbocycles. The number of aromatic nitrogens is 1. The fourth-order valence-electron chi connectivity index (χ4n) is 2.48. The molecule has 0 unspecified atom stereocenters. The molecule has 1 rings (SSSR count). The van der Waals surface area contributed by atoms with Crippen molar-refractivity contribution >= 4 is 17.4 Å². The zero-order chi connectivity index (χ0) is 15.5. The summed E-state index contributed by atoms with van der Waals surface area (Å²) in [4.78, 5) is 4.49. The largest absolute Gasteiger partial charge is 0.242 e. The molecule has 1 nitrogen and oxygen atoms in total. The van der Waals surface area contributed by atoms with E-state index < -0.39 is 0 Å². The van der Waals surface area contributed by atoms with Gasteiger partial charge in [0.05, 0.1) is 10.7 Å². The highest BCUT2D eigenvalue weighted by Crippen LogP contribution is 2.17. The van der Waals surface area contributed by atoms with Crippen molar-refractivity contribution in [3.05, 3.63) is 33.3 Å². The fourth-order valence-corrected chi connectivity index (χ4v) is 3.05. The Morgan fingerprint density at radius 3 is 2.62 bits per heavy atom. The van der Waals surface area contributed by atoms with Gasteiger partial charge in [0.25, 0.3) is 0 Å². The number of allylic oxidation sites excluding steroid dienone is 3. The maximum absolute atomic E-state index is 4.49. The molecule has 0 amide bonds. The van der Waals surface area contributed by atoms with Crippen molar-refractivity contribution in [2.24, 2.45) is 0 Å². The number of rotatable bonds is 10. The van der Waals surface area contributed by atoms with Gasteiger partial charge in [0.15, 0.2) is 0 Å². The van der Waals surface area contributed by atoms with E-state index in [1.54, 1.807) is 16.9 Å². The average Bonchev–Trinajstić information content (AvgIpc) is 2.86. The Hall–Kier alpha value is -0.890. The van der Waals surface area contributed by atoms with Crippen LogP contribution in [0.5, 0.6) is 0 Å². The van der Waals surface area contributed by atoms with Crippen LogP contribution in [-0.2, 0) is 0 Å². The van der Waals surface area contributed by atoms with E-state index in [9.17, 15) is 0 Å². The molecule has 1 heterocycles. The van der Waals surface area contributed by atoms with Crippen molar-refractivity contribution in [1.29, 1.82) is 0 Å². The van der Waals surface area contributed by atoms with Crippen LogP contribution in [0.25, 0.3) is 6.08 Å². The van der Waals surface area contributed by atoms with Crippen molar-refractivity contribution in [3.8, 4) is 0 Å². The minimum Gasteiger partial charge on any atom is -0.242 e. The molecule has 118 valence electrons. The summed E-state index contributed by atoms with van der Waals surface area (Å²) in [6.07, 6.45) is 15.0. The maximum Gasteiger partial charge on any atom is 0.0901 e. The molecule has 0 saturated heterocycles. The Morgan fingerprint density at radius 2 is 2.00 bits per heavy atom. The lowest BCUT2D eigenvalue weighted by Crippen LogP contribution is -1.85. The molecule has 0 aliphatic carbocycles. The van der Waals surface area contributed by atoms with Gasteiger partial charge in [-0.1, -0.05) is 50.3 Å². The summed E-state index contributed by atoms with van der Waals surface area (Å²) in [6.45, 7) is 8.84. The number of hydrogen-bond donors (Lipinski definition) is 0. The molecule has 0 aliphatic heterocycles. The van der Waals surface area contributed by atoms with Crippen molar-refractivity contribution in [2.75, 3.05) is 0 Å². The number of thiazole rings is 1. The van der Waals surface area contributed by atoms with Gasteiger partial charge in [0.1, 0.15) is 0 Å². The summed E-state index contributed by atoms with van der Waals surface area (Å²) in [5.74, 6) is 0. The lowest BCUT2D eigenvalue weighted by atomic mass is 10.0. The van der Waals surface area contributed by atoms with Gasteiger partial charge in [-0.25, -0.2) is 4.98 Å². The molecule has 0 bridgehead atoms. The summed E-state index contributed by atoms with van der Waals surface area (Å²) in [6, 6.07) is 0. The summed E-state index contributed by atoms with van der Waals surface area (Å²) in [5.41, 5.74) is 4.19. The summed E-state index contributed by atoms with van der Waals surface area (Å²) >= 11 is 1.72. The molecule has 0 N–H and O–H groups in total. The number of hydrogen-bond acceptors (Lipinski definition) is 2. The third kappa shape index (κ3) is 8.21. The van der Waals surface area contributed by atoms with Crippen LogP contribution in [0, 0.1) is 6.92 Å². The molecule has 21 heavy (non-hydrogen) atoms. The second kappa shape index (κ2) is 10.8. The van der Waals surface area contributed by atoms with E-state index in [1.807, 2.05) is 0 Å². The standard InChI is InChI=1S/C19H31NS/c1-5-7-8-9-12-18(6-2)13-10-11-16(3)14-19-15-21-17(4)20-19/h13-15H,5-12H2,1-4H3/b16-14+,18-13-. The van der Waals surface area contributed by atoms with Crippen LogP contribution in [0.1, 0.15) is 82.8 Å². The first-order valence-electron chi connectivity index (χ1n) is 8.42. The predicted molar refractivity (Wildman–Crippen MR) is 96.9 cm³/mol. The van der Waals surface area contributed by atoms with Crippen LogP contribution >= 0.6 is 11.3 Å². The first-order chi connectivity index (χ1) is 10.2. The van der Waals surface area contributed by atoms with Gasteiger partial charge in [0, 0.05) is 5.38 Å². The van der Waals surface area contributed by atoms with E-state index in [2.05, 4.69) is 50.2 Å². The van der Waals surface area contributed by atoms with E-state index in [-0.39, 0.29) is 0 Å². The Labute approximate surface area is 135 Å². The van der Waals surface area contributed by atoms with Crippen LogP contribution in [0.4, 0.5) is 0 Å². The molecule has 0 radical (unpaired) electrons. The molecule has 0 fully saturated rings. The topological polar surface area (TPSA) is 12.9 Å². The van der Waals surface area contributed by atoms with Crippen molar-refractivity contribution in [3.63, 3.8) is 0 Å². The molecular weight excluding hydrogens is 274 g/mol. The number of aryl methyl sites for hydroxylation is 1. The Balaban J connectivity index is 2.34. The van der Waals surface area contributed by atoms with Crippen LogP contribution < -0.4 is 0 Å². The monoisotopic (exact) mass is 305 g/mol. The van der Waals surface area contributed by atoms with E-state index in [0.29, 0.717) is 0 Å². The highest BCUT2D eigenvalue weighted by Gasteiger charge is 1.98. The first kappa shape index (κ1) is 18.2. The van der Waals surface area contributed by atoms with Gasteiger partial charge in [-0.2, -0.15) is 0 Å². The Morgan fingerprint density at radius 1 is 1.19 bits per heavy atom. The normalized spacial score (nSPS) is 13.0. The molecule has 1 aromatic heterocycles. The first-order valence-corrected chi connectivity index (χ1v) is 9.30. The van der Waals surface area contributed by atoms with Crippen molar-refractivity contribution in [1.82, 2.24) is 4.98 Å². The minimum atomic E-state index is 1.12. The lowest BCUT2D eigenvalue weighted by Gasteiger charge is -2.05. The zero-order valence-corrected chi connectivity index (χ0v) is 15.1. The number of unbranched alkanes of at least 4 members (excludes halogenated alkanes) is 3. The zero-order valence-electron chi connectivity index (χ0n) is 14.2. The van der Waals surface area contributed by atoms with Gasteiger partial charge in [-0.15, -0.1) is 11.3 Å². The second-order valence-corrected chi connectivity index (χ2v) is 6.91. The summed E-state index contributed by atoms with van der Waals surface area (Å²) in [5, 5.41) is 3.29. The minimum absolute atomic E-state index is 1.12.